The highest BCUT2D eigenvalue weighted by Crippen LogP contribution is 2.38. The monoisotopic (exact) mass is 273 g/mol. The molecule has 0 aliphatic carbocycles. The molecule has 7 heteroatoms. The van der Waals surface area contributed by atoms with Crippen molar-refractivity contribution in [3.63, 3.8) is 0 Å². The van der Waals surface area contributed by atoms with E-state index in [0.717, 1.165) is 11.8 Å². The summed E-state index contributed by atoms with van der Waals surface area (Å²) in [6.07, 6.45) is 0. The molecular weight excluding hydrogens is 258 g/mol. The maximum absolute atomic E-state index is 11.1. The van der Waals surface area contributed by atoms with Crippen LogP contribution in [0.5, 0.6) is 17.2 Å². The zero-order chi connectivity index (χ0) is 13.7. The molecule has 6 nitrogen and oxygen atoms in total. The molecule has 1 atom stereocenters. The van der Waals surface area contributed by atoms with E-state index in [1.807, 2.05) is 0 Å². The summed E-state index contributed by atoms with van der Waals surface area (Å²) in [5.74, 6) is -0.267. The maximum Gasteiger partial charge on any atom is 0.323 e. The van der Waals surface area contributed by atoms with Gasteiger partial charge in [-0.2, -0.15) is 0 Å². The van der Waals surface area contributed by atoms with Crippen LogP contribution >= 0.6 is 11.8 Å². The number of methoxy groups -OCH3 is 2. The Kier molecular flexibility index (Phi) is 5.11. The molecule has 0 bridgehead atoms. The van der Waals surface area contributed by atoms with E-state index in [4.69, 9.17) is 10.5 Å². The Morgan fingerprint density at radius 3 is 2.61 bits per heavy atom. The molecule has 1 rings (SSSR count). The predicted octanol–water partition coefficient (Wildman–Crippen LogP) is 0.699. The molecule has 1 aromatic carbocycles. The Labute approximate surface area is 109 Å². The minimum absolute atomic E-state index is 0.0493. The number of hydrogen-bond donors (Lipinski definition) is 3. The highest BCUT2D eigenvalue weighted by atomic mass is 32.2. The Morgan fingerprint density at radius 2 is 2.06 bits per heavy atom. The van der Waals surface area contributed by atoms with Crippen LogP contribution in [0.2, 0.25) is 0 Å². The molecule has 0 spiro atoms. The first-order valence-corrected chi connectivity index (χ1v) is 6.04. The van der Waals surface area contributed by atoms with E-state index in [1.165, 1.54) is 26.4 Å². The van der Waals surface area contributed by atoms with Gasteiger partial charge in [-0.25, -0.2) is 0 Å². The van der Waals surface area contributed by atoms with Crippen molar-refractivity contribution < 1.29 is 24.5 Å². The van der Waals surface area contributed by atoms with Crippen LogP contribution < -0.4 is 10.5 Å². The summed E-state index contributed by atoms with van der Waals surface area (Å²) >= 11 is 1.14. The van der Waals surface area contributed by atoms with Crippen molar-refractivity contribution in [1.29, 1.82) is 0 Å². The first-order chi connectivity index (χ1) is 8.49. The summed E-state index contributed by atoms with van der Waals surface area (Å²) < 4.78 is 9.33. The van der Waals surface area contributed by atoms with Crippen molar-refractivity contribution in [3.05, 3.63) is 12.1 Å². The van der Waals surface area contributed by atoms with Crippen LogP contribution in [0.25, 0.3) is 0 Å². The van der Waals surface area contributed by atoms with E-state index in [2.05, 4.69) is 4.74 Å². The molecule has 100 valence electrons. The van der Waals surface area contributed by atoms with Crippen LogP contribution in [0.15, 0.2) is 17.0 Å². The van der Waals surface area contributed by atoms with Gasteiger partial charge in [0.2, 0.25) is 0 Å². The molecule has 0 radical (unpaired) electrons. The van der Waals surface area contributed by atoms with E-state index in [-0.39, 0.29) is 23.0 Å². The van der Waals surface area contributed by atoms with Crippen LogP contribution in [0.1, 0.15) is 0 Å². The van der Waals surface area contributed by atoms with Gasteiger partial charge in [0.05, 0.1) is 19.1 Å². The number of aromatic hydroxyl groups is 2. The number of benzene rings is 1. The Bertz CT molecular complexity index is 438. The summed E-state index contributed by atoms with van der Waals surface area (Å²) in [7, 11) is 2.64. The molecule has 4 N–H and O–H groups in total. The van der Waals surface area contributed by atoms with Gasteiger partial charge in [-0.3, -0.25) is 4.79 Å². The third-order valence-corrected chi connectivity index (χ3v) is 3.35. The number of hydrogen-bond acceptors (Lipinski definition) is 7. The molecular formula is C11H15NO5S. The highest BCUT2D eigenvalue weighted by Gasteiger charge is 2.16. The Morgan fingerprint density at radius 1 is 1.39 bits per heavy atom. The lowest BCUT2D eigenvalue weighted by molar-refractivity contribution is -0.141. The molecule has 18 heavy (non-hydrogen) atoms. The summed E-state index contributed by atoms with van der Waals surface area (Å²) in [5, 5.41) is 19.3. The number of phenols is 2. The fourth-order valence-corrected chi connectivity index (χ4v) is 2.11. The topological polar surface area (TPSA) is 102 Å². The lowest BCUT2D eigenvalue weighted by Gasteiger charge is -2.11. The van der Waals surface area contributed by atoms with Crippen LogP contribution in [0, 0.1) is 0 Å². The molecule has 0 saturated heterocycles. The molecule has 1 aromatic rings. The zero-order valence-electron chi connectivity index (χ0n) is 10.0. The number of esters is 1. The van der Waals surface area contributed by atoms with Crippen molar-refractivity contribution in [2.24, 2.45) is 5.73 Å². The third-order valence-electron chi connectivity index (χ3n) is 2.18. The Hall–Kier alpha value is -1.60. The molecule has 0 amide bonds. The number of rotatable bonds is 5. The smallest absolute Gasteiger partial charge is 0.323 e. The number of phenolic OH excluding ortho intramolecular Hbond substituents is 2. The molecule has 0 saturated carbocycles. The summed E-state index contributed by atoms with van der Waals surface area (Å²) in [6, 6.07) is 1.85. The molecule has 0 aromatic heterocycles. The van der Waals surface area contributed by atoms with Crippen LogP contribution in [-0.2, 0) is 9.53 Å². The first kappa shape index (κ1) is 14.5. The largest absolute Gasteiger partial charge is 0.507 e. The summed E-state index contributed by atoms with van der Waals surface area (Å²) in [6.45, 7) is 0. The quantitative estimate of drug-likeness (QED) is 0.412. The van der Waals surface area contributed by atoms with Gasteiger partial charge < -0.3 is 25.4 Å². The second-order valence-corrected chi connectivity index (χ2v) is 4.49. The van der Waals surface area contributed by atoms with Crippen LogP contribution in [0.4, 0.5) is 0 Å². The van der Waals surface area contributed by atoms with Gasteiger partial charge in [0.25, 0.3) is 0 Å². The van der Waals surface area contributed by atoms with Gasteiger partial charge in [0.15, 0.2) is 11.5 Å². The molecule has 0 unspecified atom stereocenters. The number of carbonyl (C=O) groups excluding carboxylic acids is 1. The van der Waals surface area contributed by atoms with Crippen LogP contribution in [-0.4, -0.2) is 42.2 Å². The molecule has 0 fully saturated rings. The van der Waals surface area contributed by atoms with E-state index in [0.29, 0.717) is 4.90 Å². The average Bonchev–Trinajstić information content (AvgIpc) is 2.37. The van der Waals surface area contributed by atoms with Crippen LogP contribution in [0.3, 0.4) is 0 Å². The number of thioether (sulfide) groups is 1. The summed E-state index contributed by atoms with van der Waals surface area (Å²) in [5.41, 5.74) is 5.56. The van der Waals surface area contributed by atoms with Crippen molar-refractivity contribution in [2.75, 3.05) is 20.0 Å². The van der Waals surface area contributed by atoms with Gasteiger partial charge >= 0.3 is 5.97 Å². The zero-order valence-corrected chi connectivity index (χ0v) is 10.9. The fourth-order valence-electron chi connectivity index (χ4n) is 1.22. The van der Waals surface area contributed by atoms with Crippen molar-refractivity contribution in [3.8, 4) is 17.2 Å². The molecule has 0 heterocycles. The van der Waals surface area contributed by atoms with E-state index >= 15 is 0 Å². The highest BCUT2D eigenvalue weighted by molar-refractivity contribution is 7.99. The number of ether oxygens (including phenoxy) is 2. The number of nitrogens with two attached hydrogens (primary N) is 1. The molecule has 0 aliphatic rings. The number of carbonyl (C=O) groups is 1. The predicted molar refractivity (Wildman–Crippen MR) is 67.0 cm³/mol. The van der Waals surface area contributed by atoms with Gasteiger partial charge in [0, 0.05) is 17.9 Å². The Balaban J connectivity index is 2.74. The lowest BCUT2D eigenvalue weighted by Crippen LogP contribution is -2.33. The van der Waals surface area contributed by atoms with E-state index in [1.54, 1.807) is 0 Å². The summed E-state index contributed by atoms with van der Waals surface area (Å²) in [4.78, 5) is 11.5. The van der Waals surface area contributed by atoms with E-state index < -0.39 is 12.0 Å². The van der Waals surface area contributed by atoms with Gasteiger partial charge in [0.1, 0.15) is 11.8 Å². The average molecular weight is 273 g/mol. The third kappa shape index (κ3) is 3.44. The maximum atomic E-state index is 11.1. The standard InChI is InChI=1S/C11H15NO5S/c1-16-9-3-8(14)10(4-7(9)13)18-5-6(12)11(15)17-2/h3-4,6,13-14H,5,12H2,1-2H3/t6-/m1/s1. The van der Waals surface area contributed by atoms with Crippen molar-refractivity contribution in [1.82, 2.24) is 0 Å². The second-order valence-electron chi connectivity index (χ2n) is 3.43. The minimum atomic E-state index is -0.788. The van der Waals surface area contributed by atoms with Crippen molar-refractivity contribution in [2.45, 2.75) is 10.9 Å². The van der Waals surface area contributed by atoms with Crippen molar-refractivity contribution >= 4 is 17.7 Å². The van der Waals surface area contributed by atoms with E-state index in [9.17, 15) is 15.0 Å². The van der Waals surface area contributed by atoms with Gasteiger partial charge in [-0.05, 0) is 0 Å². The molecule has 0 aliphatic heterocycles. The second kappa shape index (κ2) is 6.36. The first-order valence-electron chi connectivity index (χ1n) is 5.05. The lowest BCUT2D eigenvalue weighted by atomic mass is 10.3. The van der Waals surface area contributed by atoms with Gasteiger partial charge in [-0.15, -0.1) is 11.8 Å². The normalized spacial score (nSPS) is 11.9. The SMILES string of the molecule is COC(=O)[C@H](N)CSc1cc(O)c(OC)cc1O. The fraction of sp³-hybridized carbons (Fsp3) is 0.364. The minimum Gasteiger partial charge on any atom is -0.507 e. The van der Waals surface area contributed by atoms with Gasteiger partial charge in [-0.1, -0.05) is 0 Å².